The normalized spacial score (nSPS) is 15.1. The van der Waals surface area contributed by atoms with Crippen LogP contribution in [0, 0.1) is 0 Å². The summed E-state index contributed by atoms with van der Waals surface area (Å²) in [6.45, 7) is 0.762. The van der Waals surface area contributed by atoms with Gasteiger partial charge in [0.2, 0.25) is 0 Å². The first-order valence-electron chi connectivity index (χ1n) is 10.2. The second-order valence-corrected chi connectivity index (χ2v) is 7.86. The number of carboxylic acid groups (broad SMARTS) is 1. The van der Waals surface area contributed by atoms with Crippen LogP contribution in [0.4, 0.5) is 0 Å². The van der Waals surface area contributed by atoms with Gasteiger partial charge in [0, 0.05) is 36.4 Å². The number of hydrogen-bond donors (Lipinski definition) is 2. The van der Waals surface area contributed by atoms with Crippen molar-refractivity contribution in [1.29, 1.82) is 0 Å². The molecule has 0 amide bonds. The van der Waals surface area contributed by atoms with E-state index in [4.69, 9.17) is 4.65 Å². The smallest absolute Gasteiger partial charge is 0.526 e. The number of carbonyl (C=O) groups excluding carboxylic acids is 1. The molecule has 1 aromatic heterocycles. The minimum atomic E-state index is -1.21. The van der Waals surface area contributed by atoms with Gasteiger partial charge in [0.25, 0.3) is 0 Å². The van der Waals surface area contributed by atoms with E-state index in [9.17, 15) is 19.7 Å². The number of nitrogens with zero attached hydrogens (tertiary/aromatic N) is 1. The zero-order chi connectivity index (χ0) is 21.8. The quantitative estimate of drug-likeness (QED) is 0.457. The van der Waals surface area contributed by atoms with E-state index in [-0.39, 0.29) is 29.9 Å². The number of benzene rings is 2. The largest absolute Gasteiger partial charge is 0.535 e. The topological polar surface area (TPSA) is 87.7 Å². The third-order valence-corrected chi connectivity index (χ3v) is 5.51. The first-order valence-corrected chi connectivity index (χ1v) is 10.2. The first kappa shape index (κ1) is 20.8. The van der Waals surface area contributed by atoms with E-state index in [2.05, 4.69) is 4.57 Å². The maximum atomic E-state index is 12.6. The lowest BCUT2D eigenvalue weighted by atomic mass is 9.64. The van der Waals surface area contributed by atoms with Gasteiger partial charge in [0.15, 0.2) is 18.9 Å². The van der Waals surface area contributed by atoms with Gasteiger partial charge in [-0.3, -0.25) is 4.79 Å². The fourth-order valence-electron chi connectivity index (χ4n) is 3.93. The average molecular weight is 416 g/mol. The van der Waals surface area contributed by atoms with Crippen LogP contribution >= 0.6 is 0 Å². The van der Waals surface area contributed by atoms with E-state index < -0.39 is 18.9 Å². The number of ketones is 1. The molecule has 7 heteroatoms. The van der Waals surface area contributed by atoms with Crippen LogP contribution in [0.25, 0.3) is 0 Å². The number of para-hydroxylation sites is 1. The molecule has 2 aromatic carbocycles. The maximum absolute atomic E-state index is 12.6. The monoisotopic (exact) mass is 416 g/mol. The fraction of sp³-hybridized carbons (Fsp3) is 0.208. The highest BCUT2D eigenvalue weighted by molar-refractivity contribution is 6.47. The van der Waals surface area contributed by atoms with Gasteiger partial charge in [0.05, 0.1) is 5.56 Å². The second-order valence-electron chi connectivity index (χ2n) is 7.86. The number of aromatic carboxylic acids is 1. The molecule has 0 saturated carbocycles. The number of rotatable bonds is 7. The molecule has 6 nitrogen and oxygen atoms in total. The number of aromatic nitrogens is 1. The Balaban J connectivity index is 1.36. The summed E-state index contributed by atoms with van der Waals surface area (Å²) >= 11 is 0. The summed E-state index contributed by atoms with van der Waals surface area (Å²) in [6.07, 6.45) is 4.86. The Morgan fingerprint density at radius 1 is 1.00 bits per heavy atom. The van der Waals surface area contributed by atoms with E-state index in [1.54, 1.807) is 12.1 Å². The lowest BCUT2D eigenvalue weighted by molar-refractivity contribution is -0.688. The van der Waals surface area contributed by atoms with Crippen molar-refractivity contribution < 1.29 is 28.9 Å². The summed E-state index contributed by atoms with van der Waals surface area (Å²) in [5.74, 6) is -1.31. The molecule has 156 valence electrons. The Kier molecular flexibility index (Phi) is 6.14. The van der Waals surface area contributed by atoms with Crippen molar-refractivity contribution >= 4 is 18.9 Å². The number of carboxylic acids is 1. The van der Waals surface area contributed by atoms with Gasteiger partial charge >= 0.3 is 13.1 Å². The molecule has 1 aliphatic heterocycles. The highest BCUT2D eigenvalue weighted by atomic mass is 16.5. The van der Waals surface area contributed by atoms with E-state index in [1.807, 2.05) is 54.9 Å². The Bertz CT molecular complexity index is 1080. The predicted octanol–water partition coefficient (Wildman–Crippen LogP) is 2.71. The molecule has 0 unspecified atom stereocenters. The van der Waals surface area contributed by atoms with Crippen molar-refractivity contribution in [3.05, 3.63) is 95.3 Å². The van der Waals surface area contributed by atoms with Crippen LogP contribution in [0.2, 0.25) is 5.82 Å². The molecule has 0 saturated heterocycles. The summed E-state index contributed by atoms with van der Waals surface area (Å²) in [5, 5.41) is 19.6. The van der Waals surface area contributed by atoms with Crippen LogP contribution in [0.5, 0.6) is 5.75 Å². The molecule has 0 bridgehead atoms. The molecule has 0 fully saturated rings. The Hall–Kier alpha value is -3.45. The van der Waals surface area contributed by atoms with Gasteiger partial charge in [-0.05, 0) is 23.6 Å². The molecular weight excluding hydrogens is 393 g/mol. The van der Waals surface area contributed by atoms with Crippen molar-refractivity contribution in [2.24, 2.45) is 0 Å². The average Bonchev–Trinajstić information content (AvgIpc) is 2.76. The molecule has 0 aliphatic carbocycles. The Morgan fingerprint density at radius 2 is 1.71 bits per heavy atom. The predicted molar refractivity (Wildman–Crippen MR) is 115 cm³/mol. The molecule has 1 aliphatic rings. The number of carbonyl (C=O) groups is 2. The van der Waals surface area contributed by atoms with E-state index >= 15 is 0 Å². The Labute approximate surface area is 180 Å². The third-order valence-electron chi connectivity index (χ3n) is 5.51. The van der Waals surface area contributed by atoms with Crippen molar-refractivity contribution in [1.82, 2.24) is 0 Å². The molecular formula is C24H23BNO5+. The van der Waals surface area contributed by atoms with Gasteiger partial charge in [-0.15, -0.1) is 0 Å². The zero-order valence-electron chi connectivity index (χ0n) is 17.0. The first-order chi connectivity index (χ1) is 15.0. The SMILES string of the molecule is O=C(Cc1ccc(C[n+]2ccccc2)cc1)C[C@H]1Cc2cccc(C(=O)O)c2OB1O. The third kappa shape index (κ3) is 5.01. The summed E-state index contributed by atoms with van der Waals surface area (Å²) in [5.41, 5.74) is 2.79. The molecule has 3 aromatic rings. The van der Waals surface area contributed by atoms with Crippen molar-refractivity contribution in [2.75, 3.05) is 0 Å². The van der Waals surface area contributed by atoms with Crippen LogP contribution in [0.3, 0.4) is 0 Å². The van der Waals surface area contributed by atoms with E-state index in [0.29, 0.717) is 12.0 Å². The van der Waals surface area contributed by atoms with Crippen molar-refractivity contribution in [3.8, 4) is 5.75 Å². The highest BCUT2D eigenvalue weighted by Gasteiger charge is 2.37. The van der Waals surface area contributed by atoms with Gasteiger partial charge in [-0.25, -0.2) is 9.36 Å². The minimum absolute atomic E-state index is 0.00988. The van der Waals surface area contributed by atoms with Crippen LogP contribution in [-0.4, -0.2) is 29.0 Å². The molecule has 2 N–H and O–H groups in total. The maximum Gasteiger partial charge on any atom is 0.526 e. The standard InChI is InChI=1S/C24H22BNO5/c27-21(13-17-7-9-18(10-8-17)16-26-11-2-1-3-12-26)15-20-14-19-5-4-6-22(24(28)29)23(19)31-25(20)30/h1-12,20,30H,13-16H2/p+1/t20-/m1/s1. The fourth-order valence-corrected chi connectivity index (χ4v) is 3.93. The lowest BCUT2D eigenvalue weighted by Crippen LogP contribution is -2.36. The van der Waals surface area contributed by atoms with Gasteiger partial charge in [-0.2, -0.15) is 0 Å². The van der Waals surface area contributed by atoms with Crippen LogP contribution in [0.15, 0.2) is 73.1 Å². The number of pyridine rings is 1. The number of Topliss-reactive ketones (excluding diaryl/α,β-unsaturated/α-hetero) is 1. The van der Waals surface area contributed by atoms with Crippen molar-refractivity contribution in [3.63, 3.8) is 0 Å². The van der Waals surface area contributed by atoms with Gasteiger partial charge < -0.3 is 14.8 Å². The van der Waals surface area contributed by atoms with Crippen LogP contribution in [0.1, 0.15) is 33.5 Å². The van der Waals surface area contributed by atoms with E-state index in [1.165, 1.54) is 6.07 Å². The molecule has 4 rings (SSSR count). The van der Waals surface area contributed by atoms with Crippen LogP contribution in [-0.2, 0) is 24.2 Å². The molecule has 31 heavy (non-hydrogen) atoms. The summed E-state index contributed by atoms with van der Waals surface area (Å²) in [7, 11) is -1.21. The molecule has 0 spiro atoms. The molecule has 2 heterocycles. The molecule has 0 radical (unpaired) electrons. The van der Waals surface area contributed by atoms with Crippen molar-refractivity contribution in [2.45, 2.75) is 31.6 Å². The molecule has 1 atom stereocenters. The second kappa shape index (κ2) is 9.14. The summed E-state index contributed by atoms with van der Waals surface area (Å²) < 4.78 is 7.56. The highest BCUT2D eigenvalue weighted by Crippen LogP contribution is 2.36. The summed E-state index contributed by atoms with van der Waals surface area (Å²) in [4.78, 5) is 24.0. The number of hydrogen-bond acceptors (Lipinski definition) is 4. The van der Waals surface area contributed by atoms with E-state index in [0.717, 1.165) is 17.7 Å². The van der Waals surface area contributed by atoms with Gasteiger partial charge in [0.1, 0.15) is 11.5 Å². The van der Waals surface area contributed by atoms with Crippen LogP contribution < -0.4 is 9.22 Å². The lowest BCUT2D eigenvalue weighted by Gasteiger charge is -2.28. The minimum Gasteiger partial charge on any atom is -0.535 e. The summed E-state index contributed by atoms with van der Waals surface area (Å²) in [6, 6.07) is 18.8. The number of fused-ring (bicyclic) bond motifs is 1. The van der Waals surface area contributed by atoms with Gasteiger partial charge in [-0.1, -0.05) is 42.5 Å². The Morgan fingerprint density at radius 3 is 2.42 bits per heavy atom. The zero-order valence-corrected chi connectivity index (χ0v) is 17.0.